The summed E-state index contributed by atoms with van der Waals surface area (Å²) in [7, 11) is 0. The predicted molar refractivity (Wildman–Crippen MR) is 133 cm³/mol. The Hall–Kier alpha value is -0.560. The molecule has 3 saturated carbocycles. The van der Waals surface area contributed by atoms with E-state index < -0.39 is 0 Å². The van der Waals surface area contributed by atoms with Crippen molar-refractivity contribution in [1.29, 1.82) is 0 Å². The van der Waals surface area contributed by atoms with Crippen molar-refractivity contribution in [1.82, 2.24) is 0 Å². The van der Waals surface area contributed by atoms with Gasteiger partial charge in [0.15, 0.2) is 0 Å². The molecule has 9 atom stereocenters. The molecular formula is C30H50O. The van der Waals surface area contributed by atoms with Gasteiger partial charge in [-0.15, -0.1) is 0 Å². The number of hydrogen-bond donors (Lipinski definition) is 1. The molecule has 4 aliphatic rings. The van der Waals surface area contributed by atoms with Crippen molar-refractivity contribution in [3.05, 3.63) is 23.3 Å². The molecule has 3 fully saturated rings. The SMILES string of the molecule is C/C=C(\C)[C@H](CC)CC[C@@H](C)C1CCC2C3CC=C4C[C@@H](O)CCC4(C)C3CCC21C. The fourth-order valence-corrected chi connectivity index (χ4v) is 9.27. The van der Waals surface area contributed by atoms with Crippen LogP contribution in [0.15, 0.2) is 23.3 Å². The highest BCUT2D eigenvalue weighted by atomic mass is 16.3. The van der Waals surface area contributed by atoms with E-state index in [9.17, 15) is 5.11 Å². The fourth-order valence-electron chi connectivity index (χ4n) is 9.27. The van der Waals surface area contributed by atoms with Gasteiger partial charge in [-0.3, -0.25) is 0 Å². The molecule has 0 saturated heterocycles. The third-order valence-electron chi connectivity index (χ3n) is 11.4. The van der Waals surface area contributed by atoms with Gasteiger partial charge in [-0.25, -0.2) is 0 Å². The molecule has 0 bridgehead atoms. The van der Waals surface area contributed by atoms with Crippen molar-refractivity contribution >= 4 is 0 Å². The van der Waals surface area contributed by atoms with Crippen molar-refractivity contribution in [2.45, 2.75) is 118 Å². The maximum Gasteiger partial charge on any atom is 0.0577 e. The van der Waals surface area contributed by atoms with Gasteiger partial charge in [0.05, 0.1) is 6.10 Å². The van der Waals surface area contributed by atoms with Crippen LogP contribution in [-0.4, -0.2) is 11.2 Å². The largest absolute Gasteiger partial charge is 0.393 e. The summed E-state index contributed by atoms with van der Waals surface area (Å²) in [5.74, 6) is 5.27. The van der Waals surface area contributed by atoms with Crippen LogP contribution in [0.1, 0.15) is 112 Å². The van der Waals surface area contributed by atoms with E-state index in [1.54, 1.807) is 11.1 Å². The first-order valence-electron chi connectivity index (χ1n) is 13.7. The lowest BCUT2D eigenvalue weighted by molar-refractivity contribution is -0.0574. The molecule has 0 amide bonds. The van der Waals surface area contributed by atoms with Crippen LogP contribution in [0.3, 0.4) is 0 Å². The number of rotatable bonds is 6. The van der Waals surface area contributed by atoms with Gasteiger partial charge in [-0.05, 0) is 131 Å². The number of fused-ring (bicyclic) bond motifs is 5. The van der Waals surface area contributed by atoms with E-state index in [-0.39, 0.29) is 6.10 Å². The van der Waals surface area contributed by atoms with Crippen molar-refractivity contribution in [2.24, 2.45) is 46.3 Å². The topological polar surface area (TPSA) is 20.2 Å². The highest BCUT2D eigenvalue weighted by Gasteiger charge is 2.59. The van der Waals surface area contributed by atoms with E-state index in [0.29, 0.717) is 10.8 Å². The lowest BCUT2D eigenvalue weighted by Gasteiger charge is -2.58. The molecule has 0 aromatic rings. The van der Waals surface area contributed by atoms with E-state index in [1.165, 1.54) is 57.8 Å². The van der Waals surface area contributed by atoms with Crippen molar-refractivity contribution in [2.75, 3.05) is 0 Å². The lowest BCUT2D eigenvalue weighted by atomic mass is 9.47. The molecule has 0 aromatic heterocycles. The van der Waals surface area contributed by atoms with E-state index in [2.05, 4.69) is 53.7 Å². The molecular weight excluding hydrogens is 376 g/mol. The Morgan fingerprint density at radius 2 is 1.90 bits per heavy atom. The van der Waals surface area contributed by atoms with Crippen LogP contribution in [0.5, 0.6) is 0 Å². The summed E-state index contributed by atoms with van der Waals surface area (Å²) < 4.78 is 0. The van der Waals surface area contributed by atoms with E-state index in [4.69, 9.17) is 0 Å². The Morgan fingerprint density at radius 1 is 1.13 bits per heavy atom. The van der Waals surface area contributed by atoms with Crippen LogP contribution in [0.2, 0.25) is 0 Å². The molecule has 4 rings (SSSR count). The first-order valence-corrected chi connectivity index (χ1v) is 13.7. The van der Waals surface area contributed by atoms with E-state index >= 15 is 0 Å². The normalized spacial score (nSPS) is 44.7. The van der Waals surface area contributed by atoms with Gasteiger partial charge in [0.1, 0.15) is 0 Å². The average molecular weight is 427 g/mol. The summed E-state index contributed by atoms with van der Waals surface area (Å²) in [6, 6.07) is 0. The predicted octanol–water partition coefficient (Wildman–Crippen LogP) is 8.34. The first kappa shape index (κ1) is 23.6. The summed E-state index contributed by atoms with van der Waals surface area (Å²) in [5, 5.41) is 10.3. The average Bonchev–Trinajstić information content (AvgIpc) is 3.11. The third-order valence-corrected chi connectivity index (χ3v) is 11.4. The second-order valence-electron chi connectivity index (χ2n) is 12.6. The summed E-state index contributed by atoms with van der Waals surface area (Å²) >= 11 is 0. The standard InChI is InChI=1S/C30H50O/c1-7-20(3)22(8-2)10-9-21(4)26-13-14-27-25-12-11-23-19-24(31)15-17-29(23,5)28(25)16-18-30(26,27)6/h7,11,21-22,24-28,31H,8-10,12-19H2,1-6H3/b20-7+/t21-,22-,24+,25?,26?,27?,28?,29?,30?/m1/s1. The third kappa shape index (κ3) is 4.00. The summed E-state index contributed by atoms with van der Waals surface area (Å²) in [5.41, 5.74) is 4.16. The zero-order chi connectivity index (χ0) is 22.4. The number of aliphatic hydroxyl groups excluding tert-OH is 1. The fraction of sp³-hybridized carbons (Fsp3) is 0.867. The van der Waals surface area contributed by atoms with Crippen LogP contribution in [0.4, 0.5) is 0 Å². The molecule has 0 radical (unpaired) electrons. The molecule has 0 heterocycles. The lowest BCUT2D eigenvalue weighted by Crippen LogP contribution is -2.50. The number of hydrogen-bond acceptors (Lipinski definition) is 1. The van der Waals surface area contributed by atoms with Gasteiger partial charge in [0.25, 0.3) is 0 Å². The Balaban J connectivity index is 1.47. The highest BCUT2D eigenvalue weighted by Crippen LogP contribution is 2.67. The molecule has 0 aliphatic heterocycles. The second kappa shape index (κ2) is 9.00. The van der Waals surface area contributed by atoms with Crippen molar-refractivity contribution < 1.29 is 5.11 Å². The minimum atomic E-state index is -0.0837. The first-order chi connectivity index (χ1) is 14.7. The molecule has 1 nitrogen and oxygen atoms in total. The molecule has 0 aromatic carbocycles. The molecule has 31 heavy (non-hydrogen) atoms. The molecule has 1 heteroatoms. The van der Waals surface area contributed by atoms with Crippen LogP contribution in [-0.2, 0) is 0 Å². The van der Waals surface area contributed by atoms with Gasteiger partial charge in [0.2, 0.25) is 0 Å². The Kier molecular flexibility index (Phi) is 6.85. The molecule has 176 valence electrons. The van der Waals surface area contributed by atoms with Crippen LogP contribution in [0, 0.1) is 46.3 Å². The second-order valence-corrected chi connectivity index (χ2v) is 12.6. The van der Waals surface area contributed by atoms with Crippen molar-refractivity contribution in [3.8, 4) is 0 Å². The molecule has 4 aliphatic carbocycles. The number of aliphatic hydroxyl groups is 1. The summed E-state index contributed by atoms with van der Waals surface area (Å²) in [6.07, 6.45) is 19.2. The zero-order valence-corrected chi connectivity index (χ0v) is 21.4. The molecule has 6 unspecified atom stereocenters. The van der Waals surface area contributed by atoms with Gasteiger partial charge in [-0.1, -0.05) is 51.0 Å². The van der Waals surface area contributed by atoms with E-state index in [1.807, 2.05) is 0 Å². The Labute approximate surface area is 193 Å². The number of allylic oxidation sites excluding steroid dienone is 3. The summed E-state index contributed by atoms with van der Waals surface area (Å²) in [4.78, 5) is 0. The maximum absolute atomic E-state index is 10.3. The molecule has 1 N–H and O–H groups in total. The van der Waals surface area contributed by atoms with Crippen LogP contribution >= 0.6 is 0 Å². The van der Waals surface area contributed by atoms with Crippen LogP contribution in [0.25, 0.3) is 0 Å². The van der Waals surface area contributed by atoms with Gasteiger partial charge in [-0.2, -0.15) is 0 Å². The minimum Gasteiger partial charge on any atom is -0.393 e. The quantitative estimate of drug-likeness (QED) is 0.423. The monoisotopic (exact) mass is 426 g/mol. The van der Waals surface area contributed by atoms with Gasteiger partial charge < -0.3 is 5.11 Å². The Morgan fingerprint density at radius 3 is 2.61 bits per heavy atom. The van der Waals surface area contributed by atoms with Crippen molar-refractivity contribution in [3.63, 3.8) is 0 Å². The Bertz CT molecular complexity index is 703. The maximum atomic E-state index is 10.3. The minimum absolute atomic E-state index is 0.0837. The highest BCUT2D eigenvalue weighted by molar-refractivity contribution is 5.25. The van der Waals surface area contributed by atoms with Gasteiger partial charge >= 0.3 is 0 Å². The summed E-state index contributed by atoms with van der Waals surface area (Å²) in [6.45, 7) is 14.8. The smallest absolute Gasteiger partial charge is 0.0577 e. The molecule has 0 spiro atoms. The van der Waals surface area contributed by atoms with Crippen LogP contribution < -0.4 is 0 Å². The zero-order valence-electron chi connectivity index (χ0n) is 21.4. The van der Waals surface area contributed by atoms with E-state index in [0.717, 1.165) is 48.3 Å². The van der Waals surface area contributed by atoms with Gasteiger partial charge in [0, 0.05) is 0 Å².